The van der Waals surface area contributed by atoms with E-state index in [4.69, 9.17) is 9.47 Å². The van der Waals surface area contributed by atoms with Crippen molar-refractivity contribution in [2.24, 2.45) is 23.7 Å². The van der Waals surface area contributed by atoms with E-state index in [0.717, 1.165) is 18.4 Å². The van der Waals surface area contributed by atoms with Gasteiger partial charge in [-0.25, -0.2) is 9.59 Å². The first-order chi connectivity index (χ1) is 25.5. The molecule has 1 aromatic carbocycles. The molecular weight excluding hydrogens is 688 g/mol. The standard InChI is InChI=1S/C42H64N4O8/c1-11-13-14-18-23-32-29(8)37(47)43-34(26(3)4)40(50)45(10)36(28(7)12-2)42(52)54-33(25-30-20-16-15-17-21-30)39(49)46-24-19-22-31(46)38(48)44(9)35(27(5)6)41(51)53-32/h11,15-17,20-21,26-29,31-36H,1,12-14,18-19,22-25H2,2-10H3,(H,43,47)/t28-,29+,31-,32-,33-,34-,35-,36-/m0/s1. The van der Waals surface area contributed by atoms with Crippen LogP contribution in [0.4, 0.5) is 0 Å². The molecule has 12 heteroatoms. The second-order valence-electron chi connectivity index (χ2n) is 15.8. The Bertz CT molecular complexity index is 1470. The number of allylic oxidation sites excluding steroid dienone is 1. The number of amides is 4. The maximum Gasteiger partial charge on any atom is 0.329 e. The lowest BCUT2D eigenvalue weighted by Crippen LogP contribution is -2.58. The normalized spacial score (nSPS) is 27.5. The van der Waals surface area contributed by atoms with Crippen molar-refractivity contribution in [3.63, 3.8) is 0 Å². The smallest absolute Gasteiger partial charge is 0.329 e. The van der Waals surface area contributed by atoms with Gasteiger partial charge in [0.25, 0.3) is 5.91 Å². The van der Waals surface area contributed by atoms with Gasteiger partial charge in [-0.2, -0.15) is 0 Å². The van der Waals surface area contributed by atoms with Crippen LogP contribution in [0.2, 0.25) is 0 Å². The molecule has 2 aliphatic rings. The van der Waals surface area contributed by atoms with E-state index in [1.807, 2.05) is 64.1 Å². The molecular formula is C42H64N4O8. The van der Waals surface area contributed by atoms with Crippen LogP contribution >= 0.6 is 0 Å². The van der Waals surface area contributed by atoms with Crippen molar-refractivity contribution in [1.29, 1.82) is 0 Å². The quantitative estimate of drug-likeness (QED) is 0.191. The van der Waals surface area contributed by atoms with Crippen LogP contribution in [0.1, 0.15) is 99.0 Å². The average molecular weight is 753 g/mol. The number of carbonyl (C=O) groups excluding carboxylic acids is 6. The maximum atomic E-state index is 14.5. The number of likely N-dealkylation sites (N-methyl/N-ethyl adjacent to an activating group) is 2. The van der Waals surface area contributed by atoms with Crippen molar-refractivity contribution < 1.29 is 38.2 Å². The molecule has 0 radical (unpaired) electrons. The van der Waals surface area contributed by atoms with Crippen molar-refractivity contribution in [2.75, 3.05) is 20.6 Å². The van der Waals surface area contributed by atoms with Gasteiger partial charge in [-0.15, -0.1) is 6.58 Å². The molecule has 4 amide bonds. The van der Waals surface area contributed by atoms with Gasteiger partial charge < -0.3 is 29.5 Å². The molecule has 2 fully saturated rings. The van der Waals surface area contributed by atoms with Gasteiger partial charge in [0.15, 0.2) is 6.10 Å². The predicted molar refractivity (Wildman–Crippen MR) is 207 cm³/mol. The number of nitrogens with zero attached hydrogens (tertiary/aromatic N) is 3. The fraction of sp³-hybridized carbons (Fsp3) is 0.667. The fourth-order valence-electron chi connectivity index (χ4n) is 7.52. The van der Waals surface area contributed by atoms with Crippen molar-refractivity contribution in [3.05, 3.63) is 48.6 Å². The minimum absolute atomic E-state index is 0.0568. The lowest BCUT2D eigenvalue weighted by Gasteiger charge is -2.36. The molecule has 3 rings (SSSR count). The molecule has 0 aliphatic carbocycles. The zero-order valence-corrected chi connectivity index (χ0v) is 33.9. The number of nitrogens with one attached hydrogen (secondary N) is 1. The summed E-state index contributed by atoms with van der Waals surface area (Å²) in [6.45, 7) is 16.7. The summed E-state index contributed by atoms with van der Waals surface area (Å²) in [5, 5.41) is 2.91. The molecule has 8 atom stereocenters. The van der Waals surface area contributed by atoms with Crippen LogP contribution in [0.5, 0.6) is 0 Å². The molecule has 0 bridgehead atoms. The maximum absolute atomic E-state index is 14.5. The number of rotatable bonds is 11. The molecule has 2 aliphatic heterocycles. The molecule has 0 spiro atoms. The van der Waals surface area contributed by atoms with Gasteiger partial charge in [-0.3, -0.25) is 19.2 Å². The fourth-order valence-corrected chi connectivity index (χ4v) is 7.52. The molecule has 1 aromatic rings. The molecule has 2 saturated heterocycles. The molecule has 0 aromatic heterocycles. The Labute approximate surface area is 322 Å². The van der Waals surface area contributed by atoms with Crippen molar-refractivity contribution in [2.45, 2.75) is 136 Å². The molecule has 300 valence electrons. The second-order valence-corrected chi connectivity index (χ2v) is 15.8. The number of hydrogen-bond acceptors (Lipinski definition) is 8. The highest BCUT2D eigenvalue weighted by Gasteiger charge is 2.45. The number of cyclic esters (lactones) is 2. The molecule has 12 nitrogen and oxygen atoms in total. The summed E-state index contributed by atoms with van der Waals surface area (Å²) in [6, 6.07) is 5.19. The number of unbranched alkanes of at least 4 members (excludes halogenated alkanes) is 2. The van der Waals surface area contributed by atoms with E-state index in [1.54, 1.807) is 27.8 Å². The van der Waals surface area contributed by atoms with Crippen LogP contribution in [0.25, 0.3) is 0 Å². The number of esters is 2. The summed E-state index contributed by atoms with van der Waals surface area (Å²) in [5.74, 6) is -5.22. The van der Waals surface area contributed by atoms with Gasteiger partial charge in [0, 0.05) is 27.1 Å². The second kappa shape index (κ2) is 20.5. The first kappa shape index (κ1) is 44.2. The Hall–Kier alpha value is -4.22. The van der Waals surface area contributed by atoms with E-state index in [2.05, 4.69) is 11.9 Å². The van der Waals surface area contributed by atoms with Crippen LogP contribution in [-0.4, -0.2) is 107 Å². The van der Waals surface area contributed by atoms with Crippen LogP contribution in [0, 0.1) is 23.7 Å². The third-order valence-corrected chi connectivity index (χ3v) is 11.1. The van der Waals surface area contributed by atoms with E-state index in [-0.39, 0.29) is 30.7 Å². The van der Waals surface area contributed by atoms with Gasteiger partial charge in [-0.05, 0) is 61.8 Å². The monoisotopic (exact) mass is 752 g/mol. The van der Waals surface area contributed by atoms with E-state index >= 15 is 0 Å². The van der Waals surface area contributed by atoms with E-state index in [0.29, 0.717) is 32.1 Å². The van der Waals surface area contributed by atoms with Gasteiger partial charge in [0.05, 0.1) is 5.92 Å². The number of ether oxygens (including phenoxy) is 2. The topological polar surface area (TPSA) is 143 Å². The summed E-state index contributed by atoms with van der Waals surface area (Å²) in [5.41, 5.74) is 0.754. The Kier molecular flexibility index (Phi) is 16.7. The van der Waals surface area contributed by atoms with E-state index < -0.39 is 77.9 Å². The number of hydrogen-bond donors (Lipinski definition) is 1. The Balaban J connectivity index is 2.18. The van der Waals surface area contributed by atoms with E-state index in [1.165, 1.54) is 21.7 Å². The summed E-state index contributed by atoms with van der Waals surface area (Å²) in [7, 11) is 3.06. The van der Waals surface area contributed by atoms with Gasteiger partial charge in [-0.1, -0.05) is 91.3 Å². The average Bonchev–Trinajstić information content (AvgIpc) is 3.63. The van der Waals surface area contributed by atoms with Crippen LogP contribution < -0.4 is 5.32 Å². The van der Waals surface area contributed by atoms with Crippen LogP contribution in [-0.2, 0) is 44.7 Å². The molecule has 54 heavy (non-hydrogen) atoms. The van der Waals surface area contributed by atoms with Crippen molar-refractivity contribution in [3.8, 4) is 0 Å². The van der Waals surface area contributed by atoms with E-state index in [9.17, 15) is 28.8 Å². The highest BCUT2D eigenvalue weighted by molar-refractivity contribution is 5.95. The Morgan fingerprint density at radius 1 is 0.852 bits per heavy atom. The zero-order valence-electron chi connectivity index (χ0n) is 33.9. The Morgan fingerprint density at radius 3 is 2.07 bits per heavy atom. The minimum atomic E-state index is -1.29. The van der Waals surface area contributed by atoms with Crippen molar-refractivity contribution in [1.82, 2.24) is 20.0 Å². The van der Waals surface area contributed by atoms with Crippen LogP contribution in [0.3, 0.4) is 0 Å². The third-order valence-electron chi connectivity index (χ3n) is 11.1. The summed E-state index contributed by atoms with van der Waals surface area (Å²) in [4.78, 5) is 89.6. The van der Waals surface area contributed by atoms with Crippen LogP contribution in [0.15, 0.2) is 43.0 Å². The zero-order chi connectivity index (χ0) is 40.3. The Morgan fingerprint density at radius 2 is 1.48 bits per heavy atom. The number of benzene rings is 1. The van der Waals surface area contributed by atoms with Crippen molar-refractivity contribution >= 4 is 35.6 Å². The summed E-state index contributed by atoms with van der Waals surface area (Å²) >= 11 is 0. The minimum Gasteiger partial charge on any atom is -0.460 e. The highest BCUT2D eigenvalue weighted by atomic mass is 16.6. The SMILES string of the molecule is C=CCCCC[C@@H]1OC(=O)[C@H](C(C)C)N(C)C(=O)[C@@H]2CCCN2C(=O)[C@H](Cc2ccccc2)OC(=O)[C@H]([C@@H](C)CC)N(C)C(=O)[C@H](C(C)C)NC(=O)[C@@H]1C. The van der Waals surface area contributed by atoms with Gasteiger partial charge in [0.2, 0.25) is 17.7 Å². The summed E-state index contributed by atoms with van der Waals surface area (Å²) in [6.07, 6.45) is 3.73. The first-order valence-electron chi connectivity index (χ1n) is 19.7. The molecule has 1 N–H and O–H groups in total. The highest BCUT2D eigenvalue weighted by Crippen LogP contribution is 2.27. The first-order valence-corrected chi connectivity index (χ1v) is 19.7. The molecule has 0 saturated carbocycles. The van der Waals surface area contributed by atoms with Gasteiger partial charge >= 0.3 is 11.9 Å². The number of fused-ring (bicyclic) bond motifs is 1. The third kappa shape index (κ3) is 10.9. The largest absolute Gasteiger partial charge is 0.460 e. The molecule has 2 heterocycles. The number of carbonyl (C=O) groups is 6. The summed E-state index contributed by atoms with van der Waals surface area (Å²) < 4.78 is 12.3. The lowest BCUT2D eigenvalue weighted by atomic mass is 9.94. The molecule has 0 unspecified atom stereocenters. The lowest BCUT2D eigenvalue weighted by molar-refractivity contribution is -0.170. The predicted octanol–water partition coefficient (Wildman–Crippen LogP) is 4.94. The van der Waals surface area contributed by atoms with Gasteiger partial charge in [0.1, 0.15) is 30.3 Å².